The number of benzene rings is 1. The van der Waals surface area contributed by atoms with Gasteiger partial charge in [-0.1, -0.05) is 38.3 Å². The fourth-order valence-electron chi connectivity index (χ4n) is 3.20. The quantitative estimate of drug-likeness (QED) is 0.833. The molecule has 0 aromatic heterocycles. The van der Waals surface area contributed by atoms with E-state index in [1.54, 1.807) is 0 Å². The van der Waals surface area contributed by atoms with Crippen LogP contribution in [0, 0.1) is 0 Å². The van der Waals surface area contributed by atoms with Crippen LogP contribution in [0.3, 0.4) is 0 Å². The molecular formula is C17H24N2OS. The van der Waals surface area contributed by atoms with E-state index in [0.29, 0.717) is 11.3 Å². The largest absolute Gasteiger partial charge is 0.335 e. The lowest BCUT2D eigenvalue weighted by Crippen LogP contribution is -2.46. The summed E-state index contributed by atoms with van der Waals surface area (Å²) in [6.45, 7) is 3.05. The number of rotatable bonds is 1. The van der Waals surface area contributed by atoms with E-state index in [1.165, 1.54) is 24.2 Å². The van der Waals surface area contributed by atoms with E-state index >= 15 is 0 Å². The number of fused-ring (bicyclic) bond motifs is 1. The summed E-state index contributed by atoms with van der Waals surface area (Å²) in [5.41, 5.74) is 1.07. The zero-order valence-electron chi connectivity index (χ0n) is 12.7. The van der Waals surface area contributed by atoms with Crippen molar-refractivity contribution in [3.63, 3.8) is 0 Å². The van der Waals surface area contributed by atoms with E-state index in [4.69, 9.17) is 0 Å². The highest BCUT2D eigenvalue weighted by atomic mass is 32.2. The lowest BCUT2D eigenvalue weighted by molar-refractivity contribution is 0.238. The normalized spacial score (nSPS) is 23.3. The summed E-state index contributed by atoms with van der Waals surface area (Å²) in [7, 11) is 0. The number of anilines is 1. The fraction of sp³-hybridized carbons (Fsp3) is 0.588. The van der Waals surface area contributed by atoms with E-state index in [0.717, 1.165) is 31.5 Å². The number of urea groups is 1. The molecule has 3 rings (SSSR count). The average Bonchev–Trinajstić information content (AvgIpc) is 2.66. The maximum absolute atomic E-state index is 12.7. The van der Waals surface area contributed by atoms with E-state index in [2.05, 4.69) is 30.4 Å². The zero-order valence-corrected chi connectivity index (χ0v) is 13.5. The number of carbonyl (C=O) groups excluding carboxylic acids is 1. The van der Waals surface area contributed by atoms with E-state index in [1.807, 2.05) is 22.7 Å². The van der Waals surface area contributed by atoms with Gasteiger partial charge in [-0.25, -0.2) is 4.79 Å². The highest BCUT2D eigenvalue weighted by molar-refractivity contribution is 8.00. The van der Waals surface area contributed by atoms with Gasteiger partial charge in [-0.15, -0.1) is 11.8 Å². The second-order valence-corrected chi connectivity index (χ2v) is 7.60. The lowest BCUT2D eigenvalue weighted by atomic mass is 9.96. The summed E-state index contributed by atoms with van der Waals surface area (Å²) in [5, 5.41) is 3.80. The smallest absolute Gasteiger partial charge is 0.322 e. The molecule has 0 bridgehead atoms. The van der Waals surface area contributed by atoms with Crippen LogP contribution < -0.4 is 10.2 Å². The van der Waals surface area contributed by atoms with Gasteiger partial charge < -0.3 is 5.32 Å². The van der Waals surface area contributed by atoms with Crippen molar-refractivity contribution in [2.45, 2.75) is 61.6 Å². The predicted molar refractivity (Wildman–Crippen MR) is 89.1 cm³/mol. The van der Waals surface area contributed by atoms with Crippen LogP contribution in [-0.4, -0.2) is 23.9 Å². The molecule has 2 amide bonds. The summed E-state index contributed by atoms with van der Waals surface area (Å²) in [6.07, 6.45) is 7.10. The van der Waals surface area contributed by atoms with Crippen molar-refractivity contribution >= 4 is 23.5 Å². The minimum Gasteiger partial charge on any atom is -0.335 e. The number of thioether (sulfide) groups is 1. The van der Waals surface area contributed by atoms with Gasteiger partial charge in [0.15, 0.2) is 0 Å². The first-order valence-electron chi connectivity index (χ1n) is 8.08. The van der Waals surface area contributed by atoms with E-state index in [-0.39, 0.29) is 6.03 Å². The van der Waals surface area contributed by atoms with Gasteiger partial charge in [0.25, 0.3) is 0 Å². The Hall–Kier alpha value is -1.16. The lowest BCUT2D eigenvalue weighted by Gasteiger charge is -2.28. The van der Waals surface area contributed by atoms with Crippen molar-refractivity contribution in [1.29, 1.82) is 0 Å². The van der Waals surface area contributed by atoms with Gasteiger partial charge in [-0.3, -0.25) is 4.90 Å². The summed E-state index contributed by atoms with van der Waals surface area (Å²) < 4.78 is 0. The Morgan fingerprint density at radius 2 is 1.95 bits per heavy atom. The average molecular weight is 304 g/mol. The second-order valence-electron chi connectivity index (χ2n) is 6.12. The Kier molecular flexibility index (Phi) is 4.73. The first-order valence-corrected chi connectivity index (χ1v) is 8.96. The van der Waals surface area contributed by atoms with Crippen molar-refractivity contribution in [3.05, 3.63) is 24.3 Å². The third-order valence-electron chi connectivity index (χ3n) is 4.42. The summed E-state index contributed by atoms with van der Waals surface area (Å²) in [4.78, 5) is 15.9. The Morgan fingerprint density at radius 3 is 2.76 bits per heavy atom. The van der Waals surface area contributed by atoms with Gasteiger partial charge in [-0.2, -0.15) is 0 Å². The minimum atomic E-state index is 0.0871. The van der Waals surface area contributed by atoms with Crippen LogP contribution in [0.1, 0.15) is 45.4 Å². The topological polar surface area (TPSA) is 32.3 Å². The van der Waals surface area contributed by atoms with Crippen LogP contribution in [0.15, 0.2) is 29.2 Å². The standard InChI is InChI=1S/C17H24N2OS/c1-13-11-12-19(15-9-5-6-10-16(15)21-13)17(20)18-14-7-3-2-4-8-14/h5-6,9-10,13-14H,2-4,7-8,11-12H2,1H3,(H,18,20). The number of nitrogens with zero attached hydrogens (tertiary/aromatic N) is 1. The molecule has 1 aromatic carbocycles. The summed E-state index contributed by atoms with van der Waals surface area (Å²) >= 11 is 1.88. The number of hydrogen-bond donors (Lipinski definition) is 1. The van der Waals surface area contributed by atoms with Gasteiger partial charge in [0.05, 0.1) is 5.69 Å². The van der Waals surface area contributed by atoms with Crippen LogP contribution >= 0.6 is 11.8 Å². The highest BCUT2D eigenvalue weighted by Gasteiger charge is 2.26. The number of carbonyl (C=O) groups is 1. The number of amides is 2. The molecule has 0 spiro atoms. The molecule has 1 fully saturated rings. The van der Waals surface area contributed by atoms with Crippen molar-refractivity contribution in [2.75, 3.05) is 11.4 Å². The van der Waals surface area contributed by atoms with Gasteiger partial charge in [0.1, 0.15) is 0 Å². The predicted octanol–water partition coefficient (Wildman–Crippen LogP) is 4.42. The Labute approximate surface area is 131 Å². The molecule has 3 nitrogen and oxygen atoms in total. The molecule has 1 atom stereocenters. The molecule has 1 aliphatic heterocycles. The molecule has 21 heavy (non-hydrogen) atoms. The number of nitrogens with one attached hydrogen (secondary N) is 1. The fourth-order valence-corrected chi connectivity index (χ4v) is 4.31. The second kappa shape index (κ2) is 6.73. The molecule has 1 aromatic rings. The molecule has 1 aliphatic carbocycles. The van der Waals surface area contributed by atoms with Crippen molar-refractivity contribution in [3.8, 4) is 0 Å². The van der Waals surface area contributed by atoms with Gasteiger partial charge in [-0.05, 0) is 31.4 Å². The monoisotopic (exact) mass is 304 g/mol. The molecular weight excluding hydrogens is 280 g/mol. The number of para-hydroxylation sites is 1. The van der Waals surface area contributed by atoms with Crippen molar-refractivity contribution in [1.82, 2.24) is 5.32 Å². The molecule has 1 saturated carbocycles. The molecule has 1 heterocycles. The molecule has 0 radical (unpaired) electrons. The molecule has 0 saturated heterocycles. The third-order valence-corrected chi connectivity index (χ3v) is 5.66. The molecule has 1 N–H and O–H groups in total. The van der Waals surface area contributed by atoms with Crippen LogP contribution in [-0.2, 0) is 0 Å². The van der Waals surface area contributed by atoms with Crippen molar-refractivity contribution < 1.29 is 4.79 Å². The third kappa shape index (κ3) is 3.54. The van der Waals surface area contributed by atoms with Gasteiger partial charge in [0, 0.05) is 22.7 Å². The van der Waals surface area contributed by atoms with Crippen LogP contribution in [0.5, 0.6) is 0 Å². The van der Waals surface area contributed by atoms with Crippen LogP contribution in [0.4, 0.5) is 10.5 Å². The molecule has 4 heteroatoms. The first-order chi connectivity index (χ1) is 10.2. The Bertz CT molecular complexity index is 499. The Morgan fingerprint density at radius 1 is 1.19 bits per heavy atom. The van der Waals surface area contributed by atoms with Gasteiger partial charge >= 0.3 is 6.03 Å². The molecule has 1 unspecified atom stereocenters. The zero-order chi connectivity index (χ0) is 14.7. The maximum atomic E-state index is 12.7. The maximum Gasteiger partial charge on any atom is 0.322 e. The highest BCUT2D eigenvalue weighted by Crippen LogP contribution is 2.37. The SMILES string of the molecule is CC1CCN(C(=O)NC2CCCCC2)c2ccccc2S1. The van der Waals surface area contributed by atoms with E-state index in [9.17, 15) is 4.79 Å². The van der Waals surface area contributed by atoms with Gasteiger partial charge in [0.2, 0.25) is 0 Å². The molecule has 2 aliphatic rings. The van der Waals surface area contributed by atoms with E-state index < -0.39 is 0 Å². The summed E-state index contributed by atoms with van der Waals surface area (Å²) in [6, 6.07) is 8.73. The van der Waals surface area contributed by atoms with Crippen LogP contribution in [0.2, 0.25) is 0 Å². The minimum absolute atomic E-state index is 0.0871. The first kappa shape index (κ1) is 14.8. The summed E-state index contributed by atoms with van der Waals surface area (Å²) in [5.74, 6) is 0. The van der Waals surface area contributed by atoms with Crippen LogP contribution in [0.25, 0.3) is 0 Å². The molecule has 114 valence electrons. The van der Waals surface area contributed by atoms with Crippen molar-refractivity contribution in [2.24, 2.45) is 0 Å². The Balaban J connectivity index is 1.75. The number of hydrogen-bond acceptors (Lipinski definition) is 2.